The third-order valence-corrected chi connectivity index (χ3v) is 5.30. The first-order chi connectivity index (χ1) is 19.6. The van der Waals surface area contributed by atoms with Gasteiger partial charge in [-0.3, -0.25) is 0 Å². The van der Waals surface area contributed by atoms with Crippen molar-refractivity contribution in [1.82, 2.24) is 19.6 Å². The molecule has 42 heavy (non-hydrogen) atoms. The maximum absolute atomic E-state index is 2.17. The van der Waals surface area contributed by atoms with Crippen molar-refractivity contribution in [2.45, 2.75) is 13.8 Å². The third-order valence-electron chi connectivity index (χ3n) is 5.30. The molecule has 0 aromatic carbocycles. The highest BCUT2D eigenvalue weighted by atomic mass is 15.1. The predicted molar refractivity (Wildman–Crippen MR) is 190 cm³/mol. The molecule has 232 valence electrons. The van der Waals surface area contributed by atoms with Gasteiger partial charge in [-0.15, -0.1) is 0 Å². The van der Waals surface area contributed by atoms with Gasteiger partial charge >= 0.3 is 0 Å². The molecule has 6 heteroatoms. The first-order valence-electron chi connectivity index (χ1n) is 14.2. The molecule has 0 aliphatic heterocycles. The van der Waals surface area contributed by atoms with Crippen molar-refractivity contribution >= 4 is 12.4 Å². The fourth-order valence-corrected chi connectivity index (χ4v) is 2.60. The SMILES string of the molecule is CC(=CC(=CC=CC=[N+](C)C)/C=C/C=C/N(C)C)N(C)C.CC(=CC(=C\C=C\C=[N+](C)C)/C=C/C=C/N(C)C)N(C)C. The Hall–Kier alpha value is -4.06. The van der Waals surface area contributed by atoms with E-state index in [-0.39, 0.29) is 0 Å². The second kappa shape index (κ2) is 24.7. The molecule has 0 aromatic heterocycles. The Bertz CT molecular complexity index is 1030. The highest BCUT2D eigenvalue weighted by Crippen LogP contribution is 2.08. The van der Waals surface area contributed by atoms with Crippen molar-refractivity contribution in [1.29, 1.82) is 0 Å². The Morgan fingerprint density at radius 3 is 1.05 bits per heavy atom. The van der Waals surface area contributed by atoms with Crippen molar-refractivity contribution in [3.05, 3.63) is 120 Å². The summed E-state index contributed by atoms with van der Waals surface area (Å²) < 4.78 is 4.03. The lowest BCUT2D eigenvalue weighted by atomic mass is 10.2. The summed E-state index contributed by atoms with van der Waals surface area (Å²) in [5.41, 5.74) is 4.75. The van der Waals surface area contributed by atoms with Crippen LogP contribution in [-0.2, 0) is 0 Å². The van der Waals surface area contributed by atoms with Gasteiger partial charge in [0.15, 0.2) is 12.4 Å². The molecular formula is C36H60N6+2. The van der Waals surface area contributed by atoms with Crippen LogP contribution >= 0.6 is 0 Å². The maximum Gasteiger partial charge on any atom is 0.162 e. The zero-order chi connectivity index (χ0) is 32.5. The van der Waals surface area contributed by atoms with E-state index in [0.717, 1.165) is 11.1 Å². The first kappa shape index (κ1) is 40.1. The van der Waals surface area contributed by atoms with Crippen LogP contribution in [0.2, 0.25) is 0 Å². The van der Waals surface area contributed by atoms with Crippen molar-refractivity contribution in [3.8, 4) is 0 Å². The van der Waals surface area contributed by atoms with Crippen LogP contribution in [0.15, 0.2) is 120 Å². The van der Waals surface area contributed by atoms with Gasteiger partial charge in [-0.1, -0.05) is 48.6 Å². The van der Waals surface area contributed by atoms with Gasteiger partial charge in [0.05, 0.1) is 0 Å². The molecule has 0 heterocycles. The Morgan fingerprint density at radius 1 is 0.452 bits per heavy atom. The van der Waals surface area contributed by atoms with E-state index in [2.05, 4.69) is 113 Å². The summed E-state index contributed by atoms with van der Waals surface area (Å²) in [7, 11) is 24.3. The fourth-order valence-electron chi connectivity index (χ4n) is 2.60. The minimum Gasteiger partial charge on any atom is -0.383 e. The Labute approximate surface area is 259 Å². The molecule has 0 aliphatic rings. The molecule has 0 saturated heterocycles. The van der Waals surface area contributed by atoms with E-state index in [4.69, 9.17) is 0 Å². The molecule has 0 rings (SSSR count). The predicted octanol–water partition coefficient (Wildman–Crippen LogP) is 5.82. The highest BCUT2D eigenvalue weighted by Gasteiger charge is 1.94. The van der Waals surface area contributed by atoms with Gasteiger partial charge in [0.25, 0.3) is 0 Å². The van der Waals surface area contributed by atoms with Gasteiger partial charge in [-0.25, -0.2) is 9.15 Å². The molecule has 6 nitrogen and oxygen atoms in total. The van der Waals surface area contributed by atoms with Crippen LogP contribution < -0.4 is 0 Å². The van der Waals surface area contributed by atoms with E-state index >= 15 is 0 Å². The van der Waals surface area contributed by atoms with Crippen LogP contribution in [0.5, 0.6) is 0 Å². The van der Waals surface area contributed by atoms with E-state index < -0.39 is 0 Å². The summed E-state index contributed by atoms with van der Waals surface area (Å²) in [4.78, 5) is 8.24. The van der Waals surface area contributed by atoms with E-state index in [1.165, 1.54) is 11.4 Å². The third kappa shape index (κ3) is 27.5. The molecule has 0 N–H and O–H groups in total. The van der Waals surface area contributed by atoms with Crippen molar-refractivity contribution < 1.29 is 9.15 Å². The molecular weight excluding hydrogens is 516 g/mol. The summed E-state index contributed by atoms with van der Waals surface area (Å²) in [6.07, 6.45) is 37.2. The maximum atomic E-state index is 2.17. The zero-order valence-electron chi connectivity index (χ0n) is 29.1. The van der Waals surface area contributed by atoms with Crippen LogP contribution in [0.25, 0.3) is 0 Å². The quantitative estimate of drug-likeness (QED) is 0.147. The zero-order valence-corrected chi connectivity index (χ0v) is 29.1. The monoisotopic (exact) mass is 576 g/mol. The lowest BCUT2D eigenvalue weighted by molar-refractivity contribution is -0.458. The molecule has 0 unspecified atom stereocenters. The fraction of sp³-hybridized carbons (Fsp3) is 0.389. The van der Waals surface area contributed by atoms with Gasteiger partial charge in [0.1, 0.15) is 28.2 Å². The number of hydrogen-bond acceptors (Lipinski definition) is 4. The van der Waals surface area contributed by atoms with Gasteiger partial charge in [-0.2, -0.15) is 0 Å². The summed E-state index contributed by atoms with van der Waals surface area (Å²) in [5.74, 6) is 0. The van der Waals surface area contributed by atoms with E-state index in [1.807, 2.05) is 124 Å². The standard InChI is InChI=1S/2C18H30N3/c2*1-17(21(6)7)16-18(12-8-10-14-19(2)3)13-9-11-15-20(4)5/h2*8-16H,1-7H3/q2*+1. The summed E-state index contributed by atoms with van der Waals surface area (Å²) >= 11 is 0. The Kier molecular flexibility index (Phi) is 23.6. The second-order valence-corrected chi connectivity index (χ2v) is 11.0. The van der Waals surface area contributed by atoms with Gasteiger partial charge in [0, 0.05) is 79.9 Å². The molecule has 0 amide bonds. The molecule has 0 aromatic rings. The average Bonchev–Trinajstić information content (AvgIpc) is 2.88. The van der Waals surface area contributed by atoms with E-state index in [1.54, 1.807) is 0 Å². The molecule has 0 fully saturated rings. The minimum absolute atomic E-state index is 1.16. The first-order valence-corrected chi connectivity index (χ1v) is 14.2. The van der Waals surface area contributed by atoms with Crippen LogP contribution in [-0.4, -0.2) is 126 Å². The largest absolute Gasteiger partial charge is 0.383 e. The highest BCUT2D eigenvalue weighted by molar-refractivity contribution is 5.67. The number of allylic oxidation sites excluding steroid dienone is 18. The van der Waals surface area contributed by atoms with Gasteiger partial charge in [0.2, 0.25) is 0 Å². The number of nitrogens with zero attached hydrogens (tertiary/aromatic N) is 6. The van der Waals surface area contributed by atoms with Crippen LogP contribution in [0.3, 0.4) is 0 Å². The lowest BCUT2D eigenvalue weighted by Gasteiger charge is -2.12. The van der Waals surface area contributed by atoms with Gasteiger partial charge < -0.3 is 19.6 Å². The van der Waals surface area contributed by atoms with Crippen LogP contribution in [0, 0.1) is 0 Å². The van der Waals surface area contributed by atoms with Crippen LogP contribution in [0.1, 0.15) is 13.8 Å². The normalized spacial score (nSPS) is 13.5. The lowest BCUT2D eigenvalue weighted by Crippen LogP contribution is -2.07. The van der Waals surface area contributed by atoms with Crippen molar-refractivity contribution in [3.63, 3.8) is 0 Å². The molecule has 0 radical (unpaired) electrons. The Morgan fingerprint density at radius 2 is 0.786 bits per heavy atom. The molecule has 0 bridgehead atoms. The van der Waals surface area contributed by atoms with Crippen molar-refractivity contribution in [2.75, 3.05) is 84.6 Å². The molecule has 0 aliphatic carbocycles. The topological polar surface area (TPSA) is 19.0 Å². The van der Waals surface area contributed by atoms with Crippen LogP contribution in [0.4, 0.5) is 0 Å². The van der Waals surface area contributed by atoms with Gasteiger partial charge in [-0.05, 0) is 61.7 Å². The average molecular weight is 577 g/mol. The molecule has 0 saturated carbocycles. The number of rotatable bonds is 14. The van der Waals surface area contributed by atoms with E-state index in [0.29, 0.717) is 0 Å². The summed E-state index contributed by atoms with van der Waals surface area (Å²) in [6, 6.07) is 0. The second-order valence-electron chi connectivity index (χ2n) is 11.0. The number of hydrogen-bond donors (Lipinski definition) is 0. The smallest absolute Gasteiger partial charge is 0.162 e. The summed E-state index contributed by atoms with van der Waals surface area (Å²) in [6.45, 7) is 4.21. The molecule has 0 spiro atoms. The minimum atomic E-state index is 1.16. The Balaban J connectivity index is 0. The van der Waals surface area contributed by atoms with Crippen molar-refractivity contribution in [2.24, 2.45) is 0 Å². The summed E-state index contributed by atoms with van der Waals surface area (Å²) in [5, 5.41) is 0. The van der Waals surface area contributed by atoms with E-state index in [9.17, 15) is 0 Å². The molecule has 0 atom stereocenters.